The Kier molecular flexibility index (Phi) is 55.4. The van der Waals surface area contributed by atoms with Crippen molar-refractivity contribution >= 4 is 28.4 Å². The lowest BCUT2D eigenvalue weighted by molar-refractivity contribution is -0.385. The number of nitrogens with two attached hydrogens (primary N) is 3. The second kappa shape index (κ2) is 42.8. The van der Waals surface area contributed by atoms with Crippen molar-refractivity contribution in [1.29, 1.82) is 0 Å². The van der Waals surface area contributed by atoms with Gasteiger partial charge in [-0.3, -0.25) is 20.2 Å². The van der Waals surface area contributed by atoms with Gasteiger partial charge in [0.15, 0.2) is 0 Å². The Balaban J connectivity index is -0.0000000708. The molecule has 41 heavy (non-hydrogen) atoms. The highest BCUT2D eigenvalue weighted by atomic mass is 19.1. The Bertz CT molecular complexity index is 833. The average Bonchev–Trinajstić information content (AvgIpc) is 3.02. The smallest absolute Gasteiger partial charge is 0.269 e. The third-order valence-electron chi connectivity index (χ3n) is 3.08. The van der Waals surface area contributed by atoms with E-state index >= 15 is 0 Å². The first-order valence-corrected chi connectivity index (χ1v) is 13.7. The van der Waals surface area contributed by atoms with E-state index in [2.05, 4.69) is 0 Å². The third-order valence-corrected chi connectivity index (χ3v) is 3.08. The number of anilines is 3. The molecule has 0 radical (unpaired) electrons. The molecule has 3 rings (SSSR count). The van der Waals surface area contributed by atoms with Crippen LogP contribution in [-0.2, 0) is 0 Å². The Morgan fingerprint density at radius 3 is 0.829 bits per heavy atom. The SMILES string of the molecule is CC.CC.CC.CC.CC.CC.N.Nc1ccc(N)cc1.Nc1ccc([N+](=O)[O-])cc1.O=[N+]([O-])c1ccc(F)cc1. The highest BCUT2D eigenvalue weighted by Gasteiger charge is 2.02. The molecule has 0 fully saturated rings. The van der Waals surface area contributed by atoms with Crippen LogP contribution in [0.2, 0.25) is 0 Å². The summed E-state index contributed by atoms with van der Waals surface area (Å²) in [6.07, 6.45) is 0. The van der Waals surface area contributed by atoms with Gasteiger partial charge in [0.1, 0.15) is 5.82 Å². The third kappa shape index (κ3) is 35.8. The molecular formula is C30H57FN6O4. The number of nitro benzene ring substituents is 2. The Morgan fingerprint density at radius 2 is 0.634 bits per heavy atom. The minimum Gasteiger partial charge on any atom is -0.399 e. The molecule has 10 nitrogen and oxygen atoms in total. The zero-order valence-corrected chi connectivity index (χ0v) is 27.3. The largest absolute Gasteiger partial charge is 0.399 e. The number of hydrogen-bond donors (Lipinski definition) is 4. The van der Waals surface area contributed by atoms with E-state index in [0.29, 0.717) is 5.69 Å². The molecule has 0 amide bonds. The normalized spacial score (nSPS) is 7.15. The highest BCUT2D eigenvalue weighted by molar-refractivity contribution is 5.48. The lowest BCUT2D eigenvalue weighted by Crippen LogP contribution is -1.88. The predicted octanol–water partition coefficient (Wildman–Crippen LogP) is 10.1. The molecule has 0 aromatic heterocycles. The molecule has 11 heteroatoms. The van der Waals surface area contributed by atoms with Crippen molar-refractivity contribution in [3.8, 4) is 0 Å². The fourth-order valence-electron chi connectivity index (χ4n) is 1.65. The molecule has 0 bridgehead atoms. The minimum atomic E-state index is -0.570. The number of rotatable bonds is 2. The van der Waals surface area contributed by atoms with Gasteiger partial charge in [-0.05, 0) is 48.5 Å². The molecule has 0 atom stereocenters. The fraction of sp³-hybridized carbons (Fsp3) is 0.400. The maximum Gasteiger partial charge on any atom is 0.269 e. The number of halogens is 1. The summed E-state index contributed by atoms with van der Waals surface area (Å²) in [5.74, 6) is -0.467. The molecule has 0 aliphatic rings. The molecule has 3 aromatic rings. The van der Waals surface area contributed by atoms with Gasteiger partial charge in [0.25, 0.3) is 11.4 Å². The minimum absolute atomic E-state index is 0. The number of nitrogen functional groups attached to an aromatic ring is 3. The quantitative estimate of drug-likeness (QED) is 0.129. The van der Waals surface area contributed by atoms with Gasteiger partial charge in [0.05, 0.1) is 9.85 Å². The molecule has 0 spiro atoms. The zero-order chi connectivity index (χ0) is 33.1. The van der Waals surface area contributed by atoms with Crippen LogP contribution in [0.25, 0.3) is 0 Å². The van der Waals surface area contributed by atoms with Crippen molar-refractivity contribution < 1.29 is 14.2 Å². The van der Waals surface area contributed by atoms with Crippen molar-refractivity contribution in [2.24, 2.45) is 0 Å². The van der Waals surface area contributed by atoms with Gasteiger partial charge in [-0.25, -0.2) is 4.39 Å². The van der Waals surface area contributed by atoms with Crippen molar-refractivity contribution in [2.45, 2.75) is 83.1 Å². The summed E-state index contributed by atoms with van der Waals surface area (Å²) in [5, 5.41) is 20.1. The molecule has 3 aromatic carbocycles. The van der Waals surface area contributed by atoms with Crippen molar-refractivity contribution in [2.75, 3.05) is 17.2 Å². The predicted molar refractivity (Wildman–Crippen MR) is 179 cm³/mol. The van der Waals surface area contributed by atoms with E-state index in [1.54, 1.807) is 24.3 Å². The second-order valence-electron chi connectivity index (χ2n) is 5.25. The molecule has 0 heterocycles. The van der Waals surface area contributed by atoms with Gasteiger partial charge in [-0.1, -0.05) is 83.1 Å². The molecular weight excluding hydrogens is 527 g/mol. The van der Waals surface area contributed by atoms with Crippen LogP contribution in [0.4, 0.5) is 32.8 Å². The monoisotopic (exact) mass is 584 g/mol. The summed E-state index contributed by atoms with van der Waals surface area (Å²) in [6.45, 7) is 24.0. The van der Waals surface area contributed by atoms with E-state index in [1.165, 1.54) is 24.3 Å². The molecule has 9 N–H and O–H groups in total. The van der Waals surface area contributed by atoms with Gasteiger partial charge >= 0.3 is 0 Å². The van der Waals surface area contributed by atoms with Gasteiger partial charge in [0.2, 0.25) is 0 Å². The van der Waals surface area contributed by atoms with E-state index in [0.717, 1.165) is 35.6 Å². The number of benzene rings is 3. The first-order chi connectivity index (χ1) is 19.2. The van der Waals surface area contributed by atoms with Gasteiger partial charge < -0.3 is 23.4 Å². The van der Waals surface area contributed by atoms with Crippen molar-refractivity contribution in [1.82, 2.24) is 6.15 Å². The lowest BCUT2D eigenvalue weighted by Gasteiger charge is -1.90. The van der Waals surface area contributed by atoms with Crippen LogP contribution in [-0.4, -0.2) is 9.85 Å². The lowest BCUT2D eigenvalue weighted by atomic mass is 10.3. The number of hydrogen-bond acceptors (Lipinski definition) is 8. The number of non-ortho nitro benzene ring substituents is 2. The molecule has 0 aliphatic heterocycles. The zero-order valence-electron chi connectivity index (χ0n) is 27.3. The van der Waals surface area contributed by atoms with Crippen LogP contribution in [0.5, 0.6) is 0 Å². The first kappa shape index (κ1) is 53.1. The van der Waals surface area contributed by atoms with Crippen molar-refractivity contribution in [3.63, 3.8) is 0 Å². The average molecular weight is 585 g/mol. The molecule has 0 saturated carbocycles. The van der Waals surface area contributed by atoms with Gasteiger partial charge in [-0.2, -0.15) is 0 Å². The molecule has 0 unspecified atom stereocenters. The highest BCUT2D eigenvalue weighted by Crippen LogP contribution is 2.12. The van der Waals surface area contributed by atoms with Crippen molar-refractivity contribution in [3.05, 3.63) is 98.8 Å². The summed E-state index contributed by atoms with van der Waals surface area (Å²) in [4.78, 5) is 19.0. The second-order valence-corrected chi connectivity index (χ2v) is 5.25. The Morgan fingerprint density at radius 1 is 0.463 bits per heavy atom. The van der Waals surface area contributed by atoms with Gasteiger partial charge in [0, 0.05) is 41.3 Å². The summed E-state index contributed by atoms with van der Waals surface area (Å²) < 4.78 is 12.1. The van der Waals surface area contributed by atoms with Crippen LogP contribution in [0.1, 0.15) is 83.1 Å². The topological polar surface area (TPSA) is 199 Å². The van der Waals surface area contributed by atoms with Crippen LogP contribution in [0, 0.1) is 26.0 Å². The maximum absolute atomic E-state index is 12.1. The molecule has 0 saturated heterocycles. The van der Waals surface area contributed by atoms with Crippen LogP contribution in [0.3, 0.4) is 0 Å². The summed E-state index contributed by atoms with van der Waals surface area (Å²) in [7, 11) is 0. The summed E-state index contributed by atoms with van der Waals surface area (Å²) in [6, 6.07) is 17.2. The van der Waals surface area contributed by atoms with Gasteiger partial charge in [-0.15, -0.1) is 0 Å². The Hall–Kier alpha value is -4.25. The van der Waals surface area contributed by atoms with E-state index in [4.69, 9.17) is 17.2 Å². The van der Waals surface area contributed by atoms with E-state index in [9.17, 15) is 24.6 Å². The van der Waals surface area contributed by atoms with Crippen LogP contribution in [0.15, 0.2) is 72.8 Å². The first-order valence-electron chi connectivity index (χ1n) is 13.7. The number of nitrogens with zero attached hydrogens (tertiary/aromatic N) is 2. The van der Waals surface area contributed by atoms with E-state index in [-0.39, 0.29) is 17.5 Å². The summed E-state index contributed by atoms with van der Waals surface area (Å²) >= 11 is 0. The fourth-order valence-corrected chi connectivity index (χ4v) is 1.65. The van der Waals surface area contributed by atoms with Crippen LogP contribution < -0.4 is 23.4 Å². The summed E-state index contributed by atoms with van der Waals surface area (Å²) in [5.41, 5.74) is 18.0. The standard InChI is InChI=1S/C6H4FNO2.C6H6N2O2.C6H8N2.6C2H6.H3N/c2*7-5-1-3-6(4-2-5)8(9)10;7-5-1-2-6(8)4-3-5;6*1-2;/h1-4H;1-4H,7H2;1-4H,7-8H2;6*1-2H3;1H3. The number of nitro groups is 2. The van der Waals surface area contributed by atoms with E-state index < -0.39 is 15.7 Å². The maximum atomic E-state index is 12.1. The molecule has 238 valence electrons. The van der Waals surface area contributed by atoms with E-state index in [1.807, 2.05) is 83.1 Å². The molecule has 0 aliphatic carbocycles. The Labute approximate surface area is 248 Å². The van der Waals surface area contributed by atoms with Crippen LogP contribution >= 0.6 is 0 Å².